The van der Waals surface area contributed by atoms with Crippen molar-refractivity contribution in [1.82, 2.24) is 0 Å². The third-order valence-electron chi connectivity index (χ3n) is 14.9. The molecule has 2 saturated heterocycles. The van der Waals surface area contributed by atoms with Crippen LogP contribution in [0.25, 0.3) is 0 Å². The second kappa shape index (κ2) is 15.8. The van der Waals surface area contributed by atoms with Gasteiger partial charge in [-0.25, -0.2) is 4.79 Å². The van der Waals surface area contributed by atoms with Crippen LogP contribution in [0, 0.1) is 34.5 Å². The van der Waals surface area contributed by atoms with Gasteiger partial charge in [0.05, 0.1) is 32.8 Å². The van der Waals surface area contributed by atoms with Crippen molar-refractivity contribution >= 4 is 17.5 Å². The number of esters is 1. The average molecular weight is 829 g/mol. The fourth-order valence-corrected chi connectivity index (χ4v) is 12.2. The van der Waals surface area contributed by atoms with E-state index in [1.165, 1.54) is 0 Å². The molecule has 3 N–H and O–H groups in total. The smallest absolute Gasteiger partial charge is 0.343 e. The van der Waals surface area contributed by atoms with E-state index in [1.807, 2.05) is 36.4 Å². The van der Waals surface area contributed by atoms with E-state index in [2.05, 4.69) is 34.9 Å². The SMILES string of the molecule is CCCC1O[C@@H]2C[C@H]3[C@@H]4CCC5=CC(=O)C=C[C@]5(C)[C@H]4[C@@H](O)C[C@]3(C)[C@]2(C(=O)CO)O1.C[N+]1(C)CCC(OC(=O)C(O)(c2ccccc2)C2CCCC2)C1.[Br-]. The molecule has 0 bridgehead atoms. The van der Waals surface area contributed by atoms with Gasteiger partial charge in [0.1, 0.15) is 13.2 Å². The lowest BCUT2D eigenvalue weighted by Crippen LogP contribution is -3.00. The molecule has 6 fully saturated rings. The van der Waals surface area contributed by atoms with Gasteiger partial charge in [-0.1, -0.05) is 82.0 Å². The Bertz CT molecular complexity index is 1660. The van der Waals surface area contributed by atoms with Crippen LogP contribution in [-0.2, 0) is 34.2 Å². The number of aliphatic hydroxyl groups excluding tert-OH is 2. The monoisotopic (exact) mass is 827 g/mol. The van der Waals surface area contributed by atoms with Crippen molar-refractivity contribution < 1.29 is 65.4 Å². The zero-order chi connectivity index (χ0) is 38.7. The van der Waals surface area contributed by atoms with Gasteiger partial charge in [0.15, 0.2) is 35.2 Å². The zero-order valence-corrected chi connectivity index (χ0v) is 34.8. The lowest BCUT2D eigenvalue weighted by atomic mass is 9.46. The van der Waals surface area contributed by atoms with E-state index in [4.69, 9.17) is 14.2 Å². The van der Waals surface area contributed by atoms with Crippen molar-refractivity contribution in [1.29, 1.82) is 0 Å². The minimum atomic E-state index is -1.50. The van der Waals surface area contributed by atoms with E-state index in [-0.39, 0.29) is 63.7 Å². The minimum Gasteiger partial charge on any atom is -1.00 e. The second-order valence-corrected chi connectivity index (χ2v) is 18.5. The van der Waals surface area contributed by atoms with Gasteiger partial charge in [0.25, 0.3) is 0 Å². The minimum absolute atomic E-state index is 0. The first kappa shape index (κ1) is 42.4. The summed E-state index contributed by atoms with van der Waals surface area (Å²) < 4.78 is 19.3. The number of Topliss-reactive ketones (excluding diaryl/α,β-unsaturated/α-hetero) is 1. The molecule has 4 saturated carbocycles. The lowest BCUT2D eigenvalue weighted by molar-refractivity contribution is -0.879. The van der Waals surface area contributed by atoms with Crippen molar-refractivity contribution in [2.45, 2.75) is 127 Å². The Morgan fingerprint density at radius 2 is 1.78 bits per heavy atom. The maximum absolute atomic E-state index is 13.2. The zero-order valence-electron chi connectivity index (χ0n) is 33.3. The van der Waals surface area contributed by atoms with Gasteiger partial charge in [-0.05, 0) is 74.5 Å². The van der Waals surface area contributed by atoms with Crippen molar-refractivity contribution in [2.75, 3.05) is 33.8 Å². The van der Waals surface area contributed by atoms with E-state index >= 15 is 0 Å². The number of fused-ring (bicyclic) bond motifs is 7. The normalized spacial score (nSPS) is 39.6. The van der Waals surface area contributed by atoms with Crippen LogP contribution in [0.4, 0.5) is 0 Å². The summed E-state index contributed by atoms with van der Waals surface area (Å²) in [4.78, 5) is 38.1. The highest BCUT2D eigenvalue weighted by atomic mass is 79.9. The van der Waals surface area contributed by atoms with Crippen LogP contribution in [0.3, 0.4) is 0 Å². The van der Waals surface area contributed by atoms with E-state index in [1.54, 1.807) is 12.2 Å². The number of ketones is 2. The molecule has 10 nitrogen and oxygen atoms in total. The number of likely N-dealkylation sites (N-methyl/N-ethyl adjacent to an activating group) is 1. The Balaban J connectivity index is 0.000000192. The molecule has 0 aromatic heterocycles. The number of carbonyl (C=O) groups excluding carboxylic acids is 3. The number of nitrogens with zero attached hydrogens (tertiary/aromatic N) is 1. The summed E-state index contributed by atoms with van der Waals surface area (Å²) in [5.41, 5.74) is -1.88. The highest BCUT2D eigenvalue weighted by Crippen LogP contribution is 2.69. The standard InChI is InChI=1S/C25H34O6.C19H28NO3.BrH/c1-4-5-21-30-20-11-17-16-7-6-14-10-15(27)8-9-23(14,2)22(16)18(28)12-24(17,3)25(20,31-21)19(29)13-26;1-20(2)13-12-17(14-20)23-18(21)19(22,16-10-6-7-11-16)15-8-4-3-5-9-15;/h8-10,16-18,20-22,26,28H,4-7,11-13H2,1-3H3;3-5,8-9,16-17,22H,6-7,10-14H2,1-2H3;1H/q;+1;/p-1/t16-,17-,18-,20+,21?,22+,23-,24-,25+;;/m0../s1. The summed E-state index contributed by atoms with van der Waals surface area (Å²) in [6.07, 6.45) is 13.0. The second-order valence-electron chi connectivity index (χ2n) is 18.5. The van der Waals surface area contributed by atoms with E-state index in [0.29, 0.717) is 24.8 Å². The van der Waals surface area contributed by atoms with Crippen LogP contribution >= 0.6 is 0 Å². The summed E-state index contributed by atoms with van der Waals surface area (Å²) in [6, 6.07) is 9.33. The molecule has 1 aromatic rings. The number of hydrogen-bond donors (Lipinski definition) is 3. The number of benzene rings is 1. The average Bonchev–Trinajstić information content (AvgIpc) is 3.93. The molecule has 11 atom stereocenters. The summed E-state index contributed by atoms with van der Waals surface area (Å²) in [6.45, 7) is 7.50. The van der Waals surface area contributed by atoms with Crippen LogP contribution < -0.4 is 17.0 Å². The van der Waals surface area contributed by atoms with Crippen LogP contribution in [-0.4, -0.2) is 101 Å². The molecule has 304 valence electrons. The van der Waals surface area contributed by atoms with Crippen molar-refractivity contribution in [3.8, 4) is 0 Å². The van der Waals surface area contributed by atoms with Gasteiger partial charge in [-0.3, -0.25) is 9.59 Å². The fourth-order valence-electron chi connectivity index (χ4n) is 12.2. The molecule has 1 aromatic carbocycles. The van der Waals surface area contributed by atoms with Gasteiger partial charge in [0.2, 0.25) is 0 Å². The maximum atomic E-state index is 13.2. The molecule has 0 amide bonds. The number of aliphatic hydroxyl groups is 3. The van der Waals surface area contributed by atoms with Crippen molar-refractivity contribution in [3.63, 3.8) is 0 Å². The number of allylic oxidation sites excluding steroid dienone is 4. The summed E-state index contributed by atoms with van der Waals surface area (Å²) in [7, 11) is 4.29. The third-order valence-corrected chi connectivity index (χ3v) is 14.9. The summed E-state index contributed by atoms with van der Waals surface area (Å²) >= 11 is 0. The molecular weight excluding hydrogens is 766 g/mol. The molecule has 7 aliphatic rings. The van der Waals surface area contributed by atoms with Gasteiger partial charge < -0.3 is 51.0 Å². The Labute approximate surface area is 337 Å². The predicted octanol–water partition coefficient (Wildman–Crippen LogP) is 2.18. The topological polar surface area (TPSA) is 140 Å². The van der Waals surface area contributed by atoms with Gasteiger partial charge in [-0.15, -0.1) is 0 Å². The largest absolute Gasteiger partial charge is 1.00 e. The van der Waals surface area contributed by atoms with E-state index in [0.717, 1.165) is 74.5 Å². The molecule has 2 aliphatic heterocycles. The van der Waals surface area contributed by atoms with Crippen LogP contribution in [0.2, 0.25) is 0 Å². The number of rotatable bonds is 8. The summed E-state index contributed by atoms with van der Waals surface area (Å²) in [5.74, 6) is -0.469. The number of likely N-dealkylation sites (tertiary alicyclic amines) is 1. The highest BCUT2D eigenvalue weighted by Gasteiger charge is 2.75. The molecular formula is C44H62BrNO9. The molecule has 2 heterocycles. The number of carbonyl (C=O) groups is 3. The molecule has 5 aliphatic carbocycles. The lowest BCUT2D eigenvalue weighted by Gasteiger charge is -2.59. The number of halogens is 1. The predicted molar refractivity (Wildman–Crippen MR) is 202 cm³/mol. The number of quaternary nitrogens is 1. The van der Waals surface area contributed by atoms with Gasteiger partial charge >= 0.3 is 5.97 Å². The molecule has 0 spiro atoms. The molecule has 55 heavy (non-hydrogen) atoms. The van der Waals surface area contributed by atoms with Crippen LogP contribution in [0.5, 0.6) is 0 Å². The van der Waals surface area contributed by atoms with E-state index in [9.17, 15) is 29.7 Å². The maximum Gasteiger partial charge on any atom is 0.343 e. The first-order valence-corrected chi connectivity index (χ1v) is 20.5. The van der Waals surface area contributed by atoms with Crippen molar-refractivity contribution in [2.24, 2.45) is 34.5 Å². The van der Waals surface area contributed by atoms with Crippen molar-refractivity contribution in [3.05, 3.63) is 59.7 Å². The Kier molecular flexibility index (Phi) is 12.2. The van der Waals surface area contributed by atoms with E-state index < -0.39 is 47.7 Å². The highest BCUT2D eigenvalue weighted by molar-refractivity contribution is 6.01. The molecule has 8 rings (SSSR count). The fraction of sp³-hybridized carbons (Fsp3) is 0.705. The first-order chi connectivity index (χ1) is 25.6. The van der Waals surface area contributed by atoms with Crippen LogP contribution in [0.15, 0.2) is 54.1 Å². The number of hydrogen-bond acceptors (Lipinski definition) is 9. The Morgan fingerprint density at radius 3 is 2.42 bits per heavy atom. The van der Waals surface area contributed by atoms with Gasteiger partial charge in [0, 0.05) is 29.1 Å². The summed E-state index contributed by atoms with van der Waals surface area (Å²) in [5, 5.41) is 32.8. The Morgan fingerprint density at radius 1 is 1.07 bits per heavy atom. The molecule has 11 heteroatoms. The molecule has 3 unspecified atom stereocenters. The quantitative estimate of drug-likeness (QED) is 0.266. The van der Waals surface area contributed by atoms with Gasteiger partial charge in [-0.2, -0.15) is 0 Å². The number of ether oxygens (including phenoxy) is 3. The first-order valence-electron chi connectivity index (χ1n) is 20.5. The van der Waals surface area contributed by atoms with Crippen LogP contribution in [0.1, 0.15) is 97.0 Å². The Hall–Kier alpha value is -2.25. The molecule has 0 radical (unpaired) electrons. The third kappa shape index (κ3) is 7.05.